The lowest BCUT2D eigenvalue weighted by atomic mass is 9.98. The second-order valence-electron chi connectivity index (χ2n) is 8.27. The molecule has 0 spiro atoms. The summed E-state index contributed by atoms with van der Waals surface area (Å²) in [7, 11) is -2.29. The molecule has 3 aromatic carbocycles. The quantitative estimate of drug-likeness (QED) is 0.395. The van der Waals surface area contributed by atoms with Gasteiger partial charge in [0.05, 0.1) is 30.2 Å². The van der Waals surface area contributed by atoms with E-state index in [0.717, 1.165) is 16.1 Å². The topological polar surface area (TPSA) is 99.8 Å². The summed E-state index contributed by atoms with van der Waals surface area (Å²) >= 11 is 0. The van der Waals surface area contributed by atoms with Gasteiger partial charge in [-0.05, 0) is 42.8 Å². The van der Waals surface area contributed by atoms with Crippen LogP contribution in [0.2, 0.25) is 0 Å². The fourth-order valence-corrected chi connectivity index (χ4v) is 4.99. The molecule has 1 atom stereocenters. The lowest BCUT2D eigenvalue weighted by Gasteiger charge is -2.26. The average Bonchev–Trinajstić information content (AvgIpc) is 3.20. The van der Waals surface area contributed by atoms with Crippen molar-refractivity contribution < 1.29 is 27.1 Å². The van der Waals surface area contributed by atoms with E-state index < -0.39 is 27.9 Å². The van der Waals surface area contributed by atoms with Gasteiger partial charge in [-0.15, -0.1) is 0 Å². The molecule has 1 heterocycles. The van der Waals surface area contributed by atoms with Crippen LogP contribution in [0, 0.1) is 5.82 Å². The summed E-state index contributed by atoms with van der Waals surface area (Å²) in [5, 5.41) is 13.1. The standard InChI is InChI=1S/C26H25FN2O5S/c1-16(30)15-29(35(3,32)33)22-14-23-21(13-20(22)17-7-5-4-6-8-17)24(26(31)28-2)25(34-23)18-9-11-19(27)12-10-18/h4-14,16,30H,15H2,1-3H3,(H,28,31). The fourth-order valence-electron chi connectivity index (χ4n) is 3.99. The molecule has 0 saturated carbocycles. The molecule has 0 radical (unpaired) electrons. The van der Waals surface area contributed by atoms with Gasteiger partial charge in [0.2, 0.25) is 10.0 Å². The minimum Gasteiger partial charge on any atom is -0.455 e. The normalized spacial score (nSPS) is 12.5. The molecule has 35 heavy (non-hydrogen) atoms. The van der Waals surface area contributed by atoms with Crippen molar-refractivity contribution in [3.63, 3.8) is 0 Å². The largest absolute Gasteiger partial charge is 0.455 e. The number of amides is 1. The van der Waals surface area contributed by atoms with E-state index in [-0.39, 0.29) is 23.5 Å². The Labute approximate surface area is 202 Å². The third kappa shape index (κ3) is 4.91. The number of carbonyl (C=O) groups is 1. The number of hydrogen-bond donors (Lipinski definition) is 2. The molecule has 0 aliphatic heterocycles. The molecule has 4 rings (SSSR count). The lowest BCUT2D eigenvalue weighted by Crippen LogP contribution is -2.36. The molecule has 0 saturated heterocycles. The van der Waals surface area contributed by atoms with Crippen LogP contribution in [0.1, 0.15) is 17.3 Å². The van der Waals surface area contributed by atoms with Gasteiger partial charge in [0.1, 0.15) is 17.2 Å². The van der Waals surface area contributed by atoms with Crippen molar-refractivity contribution in [3.8, 4) is 22.5 Å². The fraction of sp³-hybridized carbons (Fsp3) is 0.192. The zero-order valence-electron chi connectivity index (χ0n) is 19.4. The van der Waals surface area contributed by atoms with Gasteiger partial charge in [-0.2, -0.15) is 0 Å². The number of nitrogens with zero attached hydrogens (tertiary/aromatic N) is 1. The van der Waals surface area contributed by atoms with Gasteiger partial charge in [0, 0.05) is 29.6 Å². The van der Waals surface area contributed by atoms with E-state index in [4.69, 9.17) is 4.42 Å². The summed E-state index contributed by atoms with van der Waals surface area (Å²) in [6, 6.07) is 18.0. The van der Waals surface area contributed by atoms with Gasteiger partial charge in [0.15, 0.2) is 0 Å². The number of hydrogen-bond acceptors (Lipinski definition) is 5. The summed E-state index contributed by atoms with van der Waals surface area (Å²) in [5.74, 6) is -0.599. The number of rotatable bonds is 7. The third-order valence-corrected chi connectivity index (χ3v) is 6.70. The SMILES string of the molecule is CNC(=O)c1c(-c2ccc(F)cc2)oc2cc(N(CC(C)O)S(C)(=O)=O)c(-c3ccccc3)cc12. The van der Waals surface area contributed by atoms with Crippen LogP contribution in [0.25, 0.3) is 33.4 Å². The van der Waals surface area contributed by atoms with Crippen LogP contribution in [0.15, 0.2) is 71.1 Å². The predicted octanol–water partition coefficient (Wildman–Crippen LogP) is 4.41. The number of fused-ring (bicyclic) bond motifs is 1. The summed E-state index contributed by atoms with van der Waals surface area (Å²) in [6.07, 6.45) is 0.132. The Hall–Kier alpha value is -3.69. The van der Waals surface area contributed by atoms with Crippen LogP contribution in [-0.4, -0.2) is 45.4 Å². The van der Waals surface area contributed by atoms with E-state index in [1.54, 1.807) is 12.1 Å². The number of halogens is 1. The maximum atomic E-state index is 13.5. The van der Waals surface area contributed by atoms with Crippen LogP contribution in [0.4, 0.5) is 10.1 Å². The first-order valence-corrected chi connectivity index (χ1v) is 12.7. The van der Waals surface area contributed by atoms with Crippen molar-refractivity contribution in [2.45, 2.75) is 13.0 Å². The molecule has 7 nitrogen and oxygen atoms in total. The second kappa shape index (κ2) is 9.52. The number of benzene rings is 3. The number of nitrogens with one attached hydrogen (secondary N) is 1. The minimum atomic E-state index is -3.78. The zero-order valence-corrected chi connectivity index (χ0v) is 20.3. The van der Waals surface area contributed by atoms with E-state index >= 15 is 0 Å². The van der Waals surface area contributed by atoms with Crippen LogP contribution < -0.4 is 9.62 Å². The first-order valence-electron chi connectivity index (χ1n) is 10.9. The minimum absolute atomic E-state index is 0.169. The van der Waals surface area contributed by atoms with Crippen molar-refractivity contribution in [2.75, 3.05) is 24.2 Å². The monoisotopic (exact) mass is 496 g/mol. The molecule has 1 amide bonds. The zero-order chi connectivity index (χ0) is 25.3. The van der Waals surface area contributed by atoms with E-state index in [9.17, 15) is 22.7 Å². The highest BCUT2D eigenvalue weighted by atomic mass is 32.2. The molecular formula is C26H25FN2O5S. The molecule has 1 aromatic heterocycles. The van der Waals surface area contributed by atoms with Gasteiger partial charge in [0.25, 0.3) is 5.91 Å². The number of anilines is 1. The van der Waals surface area contributed by atoms with Crippen molar-refractivity contribution in [1.82, 2.24) is 5.32 Å². The Kier molecular flexibility index (Phi) is 6.64. The number of carbonyl (C=O) groups excluding carboxylic acids is 1. The van der Waals surface area contributed by atoms with Crippen LogP contribution in [0.5, 0.6) is 0 Å². The number of sulfonamides is 1. The number of furan rings is 1. The van der Waals surface area contributed by atoms with Crippen molar-refractivity contribution >= 4 is 32.6 Å². The van der Waals surface area contributed by atoms with Crippen molar-refractivity contribution in [1.29, 1.82) is 0 Å². The Balaban J connectivity index is 2.08. The van der Waals surface area contributed by atoms with Crippen LogP contribution >= 0.6 is 0 Å². The van der Waals surface area contributed by atoms with Gasteiger partial charge in [-0.1, -0.05) is 30.3 Å². The van der Waals surface area contributed by atoms with Crippen LogP contribution in [-0.2, 0) is 10.0 Å². The Morgan fingerprint density at radius 2 is 1.74 bits per heavy atom. The Morgan fingerprint density at radius 1 is 1.09 bits per heavy atom. The summed E-state index contributed by atoms with van der Waals surface area (Å²) < 4.78 is 46.2. The highest BCUT2D eigenvalue weighted by molar-refractivity contribution is 7.92. The van der Waals surface area contributed by atoms with Gasteiger partial charge < -0.3 is 14.8 Å². The number of aliphatic hydroxyl groups excluding tert-OH is 1. The molecule has 9 heteroatoms. The average molecular weight is 497 g/mol. The molecule has 1 unspecified atom stereocenters. The smallest absolute Gasteiger partial charge is 0.255 e. The Bertz CT molecular complexity index is 1480. The maximum absolute atomic E-state index is 13.5. The second-order valence-corrected chi connectivity index (χ2v) is 10.2. The molecule has 182 valence electrons. The molecular weight excluding hydrogens is 471 g/mol. The van der Waals surface area contributed by atoms with E-state index in [1.165, 1.54) is 38.2 Å². The molecule has 4 aromatic rings. The number of aliphatic hydroxyl groups is 1. The Morgan fingerprint density at radius 3 is 2.31 bits per heavy atom. The highest BCUT2D eigenvalue weighted by Gasteiger charge is 2.27. The van der Waals surface area contributed by atoms with Crippen LogP contribution in [0.3, 0.4) is 0 Å². The first-order chi connectivity index (χ1) is 16.6. The molecule has 2 N–H and O–H groups in total. The highest BCUT2D eigenvalue weighted by Crippen LogP contribution is 2.41. The molecule has 0 aliphatic rings. The van der Waals surface area contributed by atoms with Gasteiger partial charge in [-0.3, -0.25) is 9.10 Å². The van der Waals surface area contributed by atoms with E-state index in [1.807, 2.05) is 30.3 Å². The molecule has 0 fully saturated rings. The first kappa shape index (κ1) is 24.4. The van der Waals surface area contributed by atoms with Crippen molar-refractivity contribution in [3.05, 3.63) is 78.1 Å². The summed E-state index contributed by atoms with van der Waals surface area (Å²) in [6.45, 7) is 1.33. The van der Waals surface area contributed by atoms with E-state index in [0.29, 0.717) is 22.2 Å². The van der Waals surface area contributed by atoms with E-state index in [2.05, 4.69) is 5.32 Å². The molecule has 0 bridgehead atoms. The van der Waals surface area contributed by atoms with Gasteiger partial charge in [-0.25, -0.2) is 12.8 Å². The predicted molar refractivity (Wildman–Crippen MR) is 134 cm³/mol. The maximum Gasteiger partial charge on any atom is 0.255 e. The summed E-state index contributed by atoms with van der Waals surface area (Å²) in [5.41, 5.74) is 2.58. The van der Waals surface area contributed by atoms with Gasteiger partial charge >= 0.3 is 0 Å². The third-order valence-electron chi connectivity index (χ3n) is 5.55. The van der Waals surface area contributed by atoms with Crippen molar-refractivity contribution in [2.24, 2.45) is 0 Å². The lowest BCUT2D eigenvalue weighted by molar-refractivity contribution is 0.0964. The summed E-state index contributed by atoms with van der Waals surface area (Å²) in [4.78, 5) is 12.9. The molecule has 0 aliphatic carbocycles.